The fraction of sp³-hybridized carbons (Fsp3) is 0.417. The fourth-order valence-electron chi connectivity index (χ4n) is 3.02. The van der Waals surface area contributed by atoms with E-state index in [-0.39, 0.29) is 35.3 Å². The highest BCUT2D eigenvalue weighted by atomic mass is 35.5. The Bertz CT molecular complexity index is 859. The Morgan fingerprint density at radius 1 is 0.933 bits per heavy atom. The van der Waals surface area contributed by atoms with Gasteiger partial charge in [-0.05, 0) is 30.7 Å². The fourth-order valence-corrected chi connectivity index (χ4v) is 3.47. The topological polar surface area (TPSA) is 46.2 Å². The van der Waals surface area contributed by atoms with Crippen LogP contribution in [0.5, 0.6) is 0 Å². The molecular formula is C24H30Cl3NO2. The first-order valence-corrected chi connectivity index (χ1v) is 10.7. The molecule has 0 radical (unpaired) electrons. The molecule has 0 heterocycles. The predicted octanol–water partition coefficient (Wildman–Crippen LogP) is 6.60. The zero-order chi connectivity index (χ0) is 21.7. The van der Waals surface area contributed by atoms with Crippen molar-refractivity contribution in [2.45, 2.75) is 40.7 Å². The number of benzene rings is 2. The van der Waals surface area contributed by atoms with Gasteiger partial charge in [-0.25, -0.2) is 0 Å². The smallest absolute Gasteiger partial charge is 0.170 e. The van der Waals surface area contributed by atoms with Gasteiger partial charge in [0.15, 0.2) is 11.6 Å². The van der Waals surface area contributed by atoms with Crippen LogP contribution < -0.4 is 5.32 Å². The summed E-state index contributed by atoms with van der Waals surface area (Å²) < 4.78 is 0. The molecule has 0 saturated heterocycles. The molecule has 30 heavy (non-hydrogen) atoms. The van der Waals surface area contributed by atoms with E-state index in [1.54, 1.807) is 24.3 Å². The second-order valence-corrected chi connectivity index (χ2v) is 9.44. The second kappa shape index (κ2) is 11.3. The van der Waals surface area contributed by atoms with Crippen molar-refractivity contribution in [1.82, 2.24) is 5.32 Å². The number of ketones is 2. The van der Waals surface area contributed by atoms with Crippen LogP contribution >= 0.6 is 35.6 Å². The van der Waals surface area contributed by atoms with Gasteiger partial charge in [-0.3, -0.25) is 9.59 Å². The van der Waals surface area contributed by atoms with Gasteiger partial charge < -0.3 is 5.32 Å². The molecule has 3 nitrogen and oxygen atoms in total. The van der Waals surface area contributed by atoms with E-state index in [4.69, 9.17) is 23.2 Å². The third-order valence-corrected chi connectivity index (χ3v) is 5.83. The van der Waals surface area contributed by atoms with Crippen molar-refractivity contribution in [3.05, 3.63) is 70.2 Å². The molecule has 0 aliphatic heterocycles. The molecule has 2 aromatic rings. The first kappa shape index (κ1) is 26.6. The van der Waals surface area contributed by atoms with Crippen LogP contribution in [0.3, 0.4) is 0 Å². The van der Waals surface area contributed by atoms with Crippen LogP contribution in [0.4, 0.5) is 0 Å². The van der Waals surface area contributed by atoms with Gasteiger partial charge in [0.25, 0.3) is 0 Å². The lowest BCUT2D eigenvalue weighted by Crippen LogP contribution is -2.33. The number of hydrogen-bond acceptors (Lipinski definition) is 3. The monoisotopic (exact) mass is 469 g/mol. The van der Waals surface area contributed by atoms with Crippen LogP contribution in [0.1, 0.15) is 60.4 Å². The van der Waals surface area contributed by atoms with E-state index in [2.05, 4.69) is 5.32 Å². The van der Waals surface area contributed by atoms with Gasteiger partial charge >= 0.3 is 0 Å². The summed E-state index contributed by atoms with van der Waals surface area (Å²) in [6, 6.07) is 14.6. The summed E-state index contributed by atoms with van der Waals surface area (Å²) in [6.45, 7) is 8.96. The van der Waals surface area contributed by atoms with E-state index in [0.29, 0.717) is 30.1 Å². The molecule has 2 aromatic carbocycles. The molecule has 0 amide bonds. The number of carbonyl (C=O) groups excluding carboxylic acids is 2. The lowest BCUT2D eigenvalue weighted by atomic mass is 9.81. The maximum Gasteiger partial charge on any atom is 0.170 e. The van der Waals surface area contributed by atoms with Crippen LogP contribution in [0.2, 0.25) is 5.02 Å². The van der Waals surface area contributed by atoms with Crippen LogP contribution in [-0.4, -0.2) is 24.0 Å². The molecule has 1 unspecified atom stereocenters. The van der Waals surface area contributed by atoms with E-state index in [1.165, 1.54) is 0 Å². The van der Waals surface area contributed by atoms with Crippen LogP contribution in [0.25, 0.3) is 0 Å². The van der Waals surface area contributed by atoms with E-state index in [1.807, 2.05) is 52.0 Å². The van der Waals surface area contributed by atoms with Crippen LogP contribution in [0, 0.1) is 10.8 Å². The molecule has 1 atom stereocenters. The van der Waals surface area contributed by atoms with Gasteiger partial charge in [-0.2, -0.15) is 0 Å². The SMILES string of the molecule is CC(C)(C)C(=O)c1ccc(CNCCC(C)(CCl)C(=O)c2cccc(Cl)c2)cc1.Cl. The largest absolute Gasteiger partial charge is 0.313 e. The number of carbonyl (C=O) groups is 2. The number of rotatable bonds is 9. The maximum atomic E-state index is 12.9. The van der Waals surface area contributed by atoms with Crippen molar-refractivity contribution in [2.75, 3.05) is 12.4 Å². The summed E-state index contributed by atoms with van der Waals surface area (Å²) in [4.78, 5) is 25.2. The molecule has 2 rings (SSSR count). The van der Waals surface area contributed by atoms with E-state index >= 15 is 0 Å². The van der Waals surface area contributed by atoms with Crippen molar-refractivity contribution in [1.29, 1.82) is 0 Å². The second-order valence-electron chi connectivity index (χ2n) is 8.74. The minimum atomic E-state index is -0.664. The molecule has 0 fully saturated rings. The average Bonchev–Trinajstić information content (AvgIpc) is 2.69. The van der Waals surface area contributed by atoms with Crippen LogP contribution in [-0.2, 0) is 6.54 Å². The number of halogens is 3. The Morgan fingerprint density at radius 2 is 1.57 bits per heavy atom. The Hall–Kier alpha value is -1.39. The highest BCUT2D eigenvalue weighted by molar-refractivity contribution is 6.31. The first-order chi connectivity index (χ1) is 13.6. The van der Waals surface area contributed by atoms with E-state index in [0.717, 1.165) is 11.1 Å². The van der Waals surface area contributed by atoms with Gasteiger partial charge in [0.05, 0.1) is 0 Å². The van der Waals surface area contributed by atoms with Crippen molar-refractivity contribution in [3.63, 3.8) is 0 Å². The summed E-state index contributed by atoms with van der Waals surface area (Å²) in [7, 11) is 0. The minimum Gasteiger partial charge on any atom is -0.313 e. The van der Waals surface area contributed by atoms with Gasteiger partial charge in [-0.15, -0.1) is 24.0 Å². The number of nitrogens with one attached hydrogen (secondary N) is 1. The van der Waals surface area contributed by atoms with Gasteiger partial charge in [0, 0.05) is 39.4 Å². The predicted molar refractivity (Wildman–Crippen MR) is 128 cm³/mol. The normalized spacial score (nSPS) is 13.3. The molecule has 0 bridgehead atoms. The molecule has 1 N–H and O–H groups in total. The van der Waals surface area contributed by atoms with E-state index in [9.17, 15) is 9.59 Å². The zero-order valence-electron chi connectivity index (χ0n) is 17.9. The molecule has 0 aliphatic carbocycles. The maximum absolute atomic E-state index is 12.9. The summed E-state index contributed by atoms with van der Waals surface area (Å²) in [5.41, 5.74) is 1.34. The molecular weight excluding hydrogens is 441 g/mol. The Morgan fingerprint density at radius 3 is 2.10 bits per heavy atom. The number of alkyl halides is 1. The van der Waals surface area contributed by atoms with Crippen molar-refractivity contribution in [2.24, 2.45) is 10.8 Å². The molecule has 164 valence electrons. The van der Waals surface area contributed by atoms with Crippen molar-refractivity contribution in [3.8, 4) is 0 Å². The lowest BCUT2D eigenvalue weighted by Gasteiger charge is -2.26. The summed E-state index contributed by atoms with van der Waals surface area (Å²) in [5, 5.41) is 3.91. The standard InChI is InChI=1S/C24H29Cl2NO2.ClH/c1-23(2,3)21(28)18-10-8-17(9-11-18)15-27-13-12-24(4,16-25)22(29)19-6-5-7-20(26)14-19;/h5-11,14,27H,12-13,15-16H2,1-4H3;1H. The average molecular weight is 471 g/mol. The molecule has 0 saturated carbocycles. The molecule has 0 aromatic heterocycles. The highest BCUT2D eigenvalue weighted by Crippen LogP contribution is 2.29. The Balaban J connectivity index is 0.00000450. The van der Waals surface area contributed by atoms with Gasteiger partial charge in [0.2, 0.25) is 0 Å². The van der Waals surface area contributed by atoms with Gasteiger partial charge in [0.1, 0.15) is 0 Å². The van der Waals surface area contributed by atoms with Gasteiger partial charge in [-0.1, -0.05) is 75.7 Å². The summed E-state index contributed by atoms with van der Waals surface area (Å²) in [5.74, 6) is 0.375. The number of Topliss-reactive ketones (excluding diaryl/α,β-unsaturated/α-hetero) is 2. The molecule has 0 spiro atoms. The quantitative estimate of drug-likeness (QED) is 0.255. The number of hydrogen-bond donors (Lipinski definition) is 1. The third kappa shape index (κ3) is 7.09. The van der Waals surface area contributed by atoms with E-state index < -0.39 is 5.41 Å². The minimum absolute atomic E-state index is 0. The van der Waals surface area contributed by atoms with Crippen LogP contribution in [0.15, 0.2) is 48.5 Å². The lowest BCUT2D eigenvalue weighted by molar-refractivity contribution is 0.0830. The summed E-state index contributed by atoms with van der Waals surface area (Å²) in [6.07, 6.45) is 0.614. The van der Waals surface area contributed by atoms with Crippen molar-refractivity contribution < 1.29 is 9.59 Å². The summed E-state index contributed by atoms with van der Waals surface area (Å²) >= 11 is 12.2. The van der Waals surface area contributed by atoms with Crippen molar-refractivity contribution >= 4 is 47.2 Å². The molecule has 0 aliphatic rings. The highest BCUT2D eigenvalue weighted by Gasteiger charge is 2.32. The third-order valence-electron chi connectivity index (χ3n) is 5.01. The zero-order valence-corrected chi connectivity index (χ0v) is 20.3. The molecule has 6 heteroatoms. The first-order valence-electron chi connectivity index (χ1n) is 9.77. The Labute approximate surface area is 196 Å². The Kier molecular flexibility index (Phi) is 10.0.